The summed E-state index contributed by atoms with van der Waals surface area (Å²) in [7, 11) is 0. The van der Waals surface area contributed by atoms with Gasteiger partial charge in [0.2, 0.25) is 0 Å². The third-order valence-corrected chi connectivity index (χ3v) is 5.69. The van der Waals surface area contributed by atoms with Gasteiger partial charge in [-0.1, -0.05) is 48.5 Å². The number of benzene rings is 2. The highest BCUT2D eigenvalue weighted by molar-refractivity contribution is 7.10. The summed E-state index contributed by atoms with van der Waals surface area (Å²) in [6.45, 7) is 1.82. The van der Waals surface area contributed by atoms with Gasteiger partial charge in [-0.2, -0.15) is 5.26 Å². The van der Waals surface area contributed by atoms with E-state index in [2.05, 4.69) is 58.8 Å². The van der Waals surface area contributed by atoms with Crippen LogP contribution in [0.2, 0.25) is 0 Å². The van der Waals surface area contributed by atoms with Gasteiger partial charge in [-0.3, -0.25) is 4.90 Å². The van der Waals surface area contributed by atoms with Gasteiger partial charge in [-0.25, -0.2) is 0 Å². The van der Waals surface area contributed by atoms with Crippen LogP contribution in [0.3, 0.4) is 0 Å². The zero-order valence-electron chi connectivity index (χ0n) is 13.4. The first-order valence-electron chi connectivity index (χ1n) is 8.20. The van der Waals surface area contributed by atoms with Crippen molar-refractivity contribution in [2.24, 2.45) is 0 Å². The molecule has 2 nitrogen and oxygen atoms in total. The van der Waals surface area contributed by atoms with Crippen molar-refractivity contribution in [3.05, 3.63) is 93.2 Å². The summed E-state index contributed by atoms with van der Waals surface area (Å²) in [6, 6.07) is 23.5. The van der Waals surface area contributed by atoms with E-state index < -0.39 is 0 Å². The quantitative estimate of drug-likeness (QED) is 0.692. The van der Waals surface area contributed by atoms with Crippen LogP contribution in [0.1, 0.15) is 33.2 Å². The second kappa shape index (κ2) is 6.60. The van der Waals surface area contributed by atoms with Crippen LogP contribution < -0.4 is 0 Å². The molecule has 0 amide bonds. The van der Waals surface area contributed by atoms with Crippen molar-refractivity contribution >= 4 is 11.3 Å². The average molecular weight is 330 g/mol. The molecule has 1 aliphatic heterocycles. The Morgan fingerprint density at radius 3 is 2.67 bits per heavy atom. The minimum Gasteiger partial charge on any atom is -0.288 e. The largest absolute Gasteiger partial charge is 0.288 e. The number of hydrogen-bond acceptors (Lipinski definition) is 3. The van der Waals surface area contributed by atoms with Gasteiger partial charge < -0.3 is 0 Å². The molecule has 0 aliphatic carbocycles. The van der Waals surface area contributed by atoms with Crippen molar-refractivity contribution in [2.75, 3.05) is 6.54 Å². The summed E-state index contributed by atoms with van der Waals surface area (Å²) >= 11 is 1.86. The molecule has 0 fully saturated rings. The van der Waals surface area contributed by atoms with Crippen LogP contribution >= 0.6 is 11.3 Å². The van der Waals surface area contributed by atoms with Crippen LogP contribution in [0.4, 0.5) is 0 Å². The highest BCUT2D eigenvalue weighted by Crippen LogP contribution is 2.38. The molecule has 0 saturated heterocycles. The Morgan fingerprint density at radius 1 is 1.04 bits per heavy atom. The minimum absolute atomic E-state index is 0.271. The maximum atomic E-state index is 9.39. The van der Waals surface area contributed by atoms with Gasteiger partial charge in [-0.15, -0.1) is 11.3 Å². The molecular weight excluding hydrogens is 312 g/mol. The number of nitrogens with zero attached hydrogens (tertiary/aromatic N) is 2. The second-order valence-corrected chi connectivity index (χ2v) is 7.10. The fraction of sp³-hybridized carbons (Fsp3) is 0.190. The van der Waals surface area contributed by atoms with Crippen molar-refractivity contribution in [3.63, 3.8) is 0 Å². The van der Waals surface area contributed by atoms with Crippen LogP contribution in [-0.4, -0.2) is 11.4 Å². The number of thiophene rings is 1. The lowest BCUT2D eigenvalue weighted by atomic mass is 9.92. The van der Waals surface area contributed by atoms with Crippen LogP contribution in [0.5, 0.6) is 0 Å². The lowest BCUT2D eigenvalue weighted by Gasteiger charge is -2.36. The van der Waals surface area contributed by atoms with E-state index in [1.54, 1.807) is 0 Å². The standard InChI is InChI=1S/C21H18N2S/c22-14-17-8-4-5-9-18(17)15-23-12-10-20-19(11-13-24-20)21(23)16-6-2-1-3-7-16/h1-9,11,13,21H,10,12,15H2/t21-/m1/s1. The Bertz CT molecular complexity index is 876. The third-order valence-electron chi connectivity index (χ3n) is 4.69. The Kier molecular flexibility index (Phi) is 4.17. The molecule has 2 aromatic carbocycles. The Balaban J connectivity index is 1.73. The summed E-state index contributed by atoms with van der Waals surface area (Å²) in [5.41, 5.74) is 4.64. The van der Waals surface area contributed by atoms with Crippen molar-refractivity contribution in [3.8, 4) is 6.07 Å². The first kappa shape index (κ1) is 15.1. The predicted octanol–water partition coefficient (Wildman–Crippen LogP) is 4.77. The van der Waals surface area contributed by atoms with Gasteiger partial charge in [0.1, 0.15) is 0 Å². The molecule has 0 unspecified atom stereocenters. The second-order valence-electron chi connectivity index (χ2n) is 6.10. The highest BCUT2D eigenvalue weighted by Gasteiger charge is 2.29. The average Bonchev–Trinajstić information content (AvgIpc) is 3.11. The van der Waals surface area contributed by atoms with Crippen molar-refractivity contribution in [2.45, 2.75) is 19.0 Å². The van der Waals surface area contributed by atoms with Crippen molar-refractivity contribution in [1.29, 1.82) is 5.26 Å². The Morgan fingerprint density at radius 2 is 1.83 bits per heavy atom. The molecule has 118 valence electrons. The minimum atomic E-state index is 0.271. The van der Waals surface area contributed by atoms with Gasteiger partial charge in [0, 0.05) is 18.0 Å². The Hall–Kier alpha value is -2.41. The molecule has 0 radical (unpaired) electrons. The molecule has 0 saturated carbocycles. The smallest absolute Gasteiger partial charge is 0.0995 e. The fourth-order valence-corrected chi connectivity index (χ4v) is 4.45. The number of rotatable bonds is 3. The van der Waals surface area contributed by atoms with Crippen LogP contribution in [0.25, 0.3) is 0 Å². The molecule has 2 heterocycles. The predicted molar refractivity (Wildman–Crippen MR) is 97.9 cm³/mol. The SMILES string of the molecule is N#Cc1ccccc1CN1CCc2sccc2[C@H]1c1ccccc1. The van der Waals surface area contributed by atoms with Gasteiger partial charge in [0.05, 0.1) is 17.7 Å². The monoisotopic (exact) mass is 330 g/mol. The molecule has 1 aliphatic rings. The first-order valence-corrected chi connectivity index (χ1v) is 9.08. The van der Waals surface area contributed by atoms with E-state index in [1.807, 2.05) is 29.5 Å². The lowest BCUT2D eigenvalue weighted by molar-refractivity contribution is 0.206. The summed E-state index contributed by atoms with van der Waals surface area (Å²) in [5, 5.41) is 11.6. The van der Waals surface area contributed by atoms with Gasteiger partial charge in [0.25, 0.3) is 0 Å². The Labute approximate surface area is 146 Å². The summed E-state index contributed by atoms with van der Waals surface area (Å²) < 4.78 is 0. The van der Waals surface area contributed by atoms with Crippen molar-refractivity contribution < 1.29 is 0 Å². The van der Waals surface area contributed by atoms with Crippen LogP contribution in [-0.2, 0) is 13.0 Å². The number of hydrogen-bond donors (Lipinski definition) is 0. The molecule has 0 N–H and O–H groups in total. The fourth-order valence-electron chi connectivity index (χ4n) is 3.55. The van der Waals surface area contributed by atoms with E-state index in [9.17, 15) is 5.26 Å². The molecular formula is C21H18N2S. The third kappa shape index (κ3) is 2.75. The topological polar surface area (TPSA) is 27.0 Å². The molecule has 3 heteroatoms. The van der Waals surface area contributed by atoms with Crippen LogP contribution in [0.15, 0.2) is 66.0 Å². The number of nitriles is 1. The van der Waals surface area contributed by atoms with Crippen LogP contribution in [0, 0.1) is 11.3 Å². The van der Waals surface area contributed by atoms with E-state index in [1.165, 1.54) is 16.0 Å². The molecule has 0 spiro atoms. The molecule has 4 rings (SSSR count). The zero-order valence-corrected chi connectivity index (χ0v) is 14.2. The van der Waals surface area contributed by atoms with E-state index in [0.717, 1.165) is 30.6 Å². The van der Waals surface area contributed by atoms with E-state index in [4.69, 9.17) is 0 Å². The molecule has 0 bridgehead atoms. The normalized spacial score (nSPS) is 17.2. The van der Waals surface area contributed by atoms with E-state index >= 15 is 0 Å². The van der Waals surface area contributed by atoms with E-state index in [0.29, 0.717) is 0 Å². The van der Waals surface area contributed by atoms with E-state index in [-0.39, 0.29) is 6.04 Å². The summed E-state index contributed by atoms with van der Waals surface area (Å²) in [5.74, 6) is 0. The van der Waals surface area contributed by atoms with Gasteiger partial charge >= 0.3 is 0 Å². The highest BCUT2D eigenvalue weighted by atomic mass is 32.1. The maximum absolute atomic E-state index is 9.39. The molecule has 24 heavy (non-hydrogen) atoms. The first-order chi connectivity index (χ1) is 11.9. The maximum Gasteiger partial charge on any atom is 0.0995 e. The summed E-state index contributed by atoms with van der Waals surface area (Å²) in [6.07, 6.45) is 1.09. The molecule has 3 aromatic rings. The molecule has 1 atom stereocenters. The van der Waals surface area contributed by atoms with Gasteiger partial charge in [-0.05, 0) is 40.6 Å². The number of fused-ring (bicyclic) bond motifs is 1. The van der Waals surface area contributed by atoms with Crippen molar-refractivity contribution in [1.82, 2.24) is 4.90 Å². The lowest BCUT2D eigenvalue weighted by Crippen LogP contribution is -2.35. The van der Waals surface area contributed by atoms with Gasteiger partial charge in [0.15, 0.2) is 0 Å². The summed E-state index contributed by atoms with van der Waals surface area (Å²) in [4.78, 5) is 3.99. The molecule has 1 aromatic heterocycles. The zero-order chi connectivity index (χ0) is 16.4.